The van der Waals surface area contributed by atoms with Gasteiger partial charge in [0.15, 0.2) is 18.5 Å². The van der Waals surface area contributed by atoms with E-state index in [9.17, 15) is 38.7 Å². The summed E-state index contributed by atoms with van der Waals surface area (Å²) in [6.07, 6.45) is -15.6. The summed E-state index contributed by atoms with van der Waals surface area (Å²) >= 11 is 0. The van der Waals surface area contributed by atoms with Crippen molar-refractivity contribution in [1.82, 2.24) is 4.90 Å². The minimum atomic E-state index is -2.82. The molecule has 2 aliphatic rings. The van der Waals surface area contributed by atoms with E-state index in [0.717, 1.165) is 54.2 Å². The quantitative estimate of drug-likeness (QED) is 0.156. The number of nitrogens with zero attached hydrogens (tertiary/aromatic N) is 1. The first kappa shape index (κ1) is 50.3. The van der Waals surface area contributed by atoms with Crippen molar-refractivity contribution in [2.45, 2.75) is 128 Å². The number of benzene rings is 2. The van der Waals surface area contributed by atoms with Crippen LogP contribution in [0.5, 0.6) is 0 Å². The van der Waals surface area contributed by atoms with Crippen LogP contribution in [0.3, 0.4) is 0 Å². The summed E-state index contributed by atoms with van der Waals surface area (Å²) < 4.78 is 64.6. The van der Waals surface area contributed by atoms with Gasteiger partial charge in [0.25, 0.3) is 5.79 Å². The Morgan fingerprint density at radius 3 is 1.87 bits per heavy atom. The maximum Gasteiger partial charge on any atom is 0.366 e. The van der Waals surface area contributed by atoms with Crippen LogP contribution in [-0.2, 0) is 98.9 Å². The van der Waals surface area contributed by atoms with Gasteiger partial charge < -0.3 is 57.2 Å². The lowest BCUT2D eigenvalue weighted by Gasteiger charge is -2.52. The van der Waals surface area contributed by atoms with Crippen molar-refractivity contribution in [1.29, 1.82) is 0 Å². The van der Waals surface area contributed by atoms with Gasteiger partial charge in [-0.25, -0.2) is 4.79 Å². The number of hydrogen-bond donors (Lipinski definition) is 1. The molecule has 2 heterocycles. The second kappa shape index (κ2) is 23.4. The summed E-state index contributed by atoms with van der Waals surface area (Å²) in [5.74, 6) is -9.76. The Balaban J connectivity index is 1.93. The Labute approximate surface area is 364 Å². The molecule has 0 bridgehead atoms. The highest BCUT2D eigenvalue weighted by Crippen LogP contribution is 2.42. The minimum absolute atomic E-state index is 0.0930. The van der Waals surface area contributed by atoms with Crippen LogP contribution in [0.15, 0.2) is 60.7 Å². The molecule has 2 aliphatic heterocycles. The molecular weight excluding hydrogens is 834 g/mol. The molecule has 1 N–H and O–H groups in total. The SMILES string of the molecule is COC(=O)[C@]1(O[C@H]2[C@@H](O)[C@@H](COCc3ccccc3)O[C@H](OC)[C@@H]2OCc2ccccc2)C[C@H](OC(C)=O)[C@@H](N(C(C)=O)C(C)=O)[C@H]([C@H](OC(C)=O)[C@@H](COC(C)=O)OC(C)=O)O1. The highest BCUT2D eigenvalue weighted by Gasteiger charge is 2.63. The highest BCUT2D eigenvalue weighted by molar-refractivity contribution is 5.93. The van der Waals surface area contributed by atoms with E-state index in [1.807, 2.05) is 30.3 Å². The van der Waals surface area contributed by atoms with Crippen LogP contribution in [0.25, 0.3) is 0 Å². The largest absolute Gasteiger partial charge is 0.465 e. The molecular formula is C43H55NO19. The Bertz CT molecular complexity index is 1870. The van der Waals surface area contributed by atoms with E-state index in [-0.39, 0.29) is 19.8 Å². The molecule has 20 nitrogen and oxygen atoms in total. The molecule has 0 spiro atoms. The molecule has 2 amide bonds. The lowest BCUT2D eigenvalue weighted by Crippen LogP contribution is -2.72. The maximum atomic E-state index is 14.4. The first-order chi connectivity index (χ1) is 29.9. The number of aliphatic hydroxyl groups excluding tert-OH is 1. The number of hydrogen-bond acceptors (Lipinski definition) is 19. The van der Waals surface area contributed by atoms with Gasteiger partial charge in [0.1, 0.15) is 49.3 Å². The normalized spacial score (nSPS) is 26.6. The number of amides is 2. The Kier molecular flexibility index (Phi) is 18.7. The number of aliphatic hydroxyl groups is 1. The van der Waals surface area contributed by atoms with Crippen molar-refractivity contribution >= 4 is 41.7 Å². The Hall–Kier alpha value is -5.35. The van der Waals surface area contributed by atoms with E-state index in [0.29, 0.717) is 10.5 Å². The van der Waals surface area contributed by atoms with E-state index in [4.69, 9.17) is 52.1 Å². The molecule has 2 saturated heterocycles. The zero-order chi connectivity index (χ0) is 46.4. The molecule has 11 atom stereocenters. The zero-order valence-corrected chi connectivity index (χ0v) is 36.3. The molecule has 63 heavy (non-hydrogen) atoms. The molecule has 2 aromatic carbocycles. The fraction of sp³-hybridized carbons (Fsp3) is 0.558. The molecule has 20 heteroatoms. The van der Waals surface area contributed by atoms with Crippen LogP contribution in [-0.4, -0.2) is 146 Å². The molecule has 346 valence electrons. The topological polar surface area (TPSA) is 244 Å². The number of ether oxygens (including phenoxy) is 11. The van der Waals surface area contributed by atoms with Gasteiger partial charge in [-0.15, -0.1) is 0 Å². The van der Waals surface area contributed by atoms with Crippen LogP contribution in [0.4, 0.5) is 0 Å². The predicted molar refractivity (Wildman–Crippen MR) is 212 cm³/mol. The van der Waals surface area contributed by atoms with Crippen LogP contribution < -0.4 is 0 Å². The average Bonchev–Trinajstić information content (AvgIpc) is 3.22. The summed E-state index contributed by atoms with van der Waals surface area (Å²) in [6.45, 7) is 5.07. The molecule has 0 saturated carbocycles. The van der Waals surface area contributed by atoms with Gasteiger partial charge in [-0.3, -0.25) is 33.7 Å². The molecule has 0 aromatic heterocycles. The third kappa shape index (κ3) is 13.6. The lowest BCUT2D eigenvalue weighted by atomic mass is 9.86. The van der Waals surface area contributed by atoms with Crippen molar-refractivity contribution in [3.63, 3.8) is 0 Å². The molecule has 0 aliphatic carbocycles. The number of esters is 5. The standard InChI is InChI=1S/C43H55NO19/c1-24(45)44(25(2)46)35-32(58-27(4)48)19-43(42(52)54-8,62-38(35)37(60-29(6)50)34(59-28(5)49)23-56-26(3)47)63-39-36(51)33(22-55-20-30-15-11-9-12-16-30)61-41(53-7)40(39)57-21-31-17-13-10-14-18-31/h9-18,32-41,51H,19-23H2,1-8H3/t32-,33+,34+,35+,36-,37+,38+,39-,40+,41-,43+/m0/s1. The summed E-state index contributed by atoms with van der Waals surface area (Å²) in [5, 5.41) is 12.2. The molecule has 2 aromatic rings. The fourth-order valence-electron chi connectivity index (χ4n) is 7.42. The van der Waals surface area contributed by atoms with Crippen LogP contribution in [0.1, 0.15) is 59.1 Å². The van der Waals surface area contributed by atoms with Gasteiger partial charge in [-0.1, -0.05) is 60.7 Å². The van der Waals surface area contributed by atoms with E-state index in [2.05, 4.69) is 0 Å². The first-order valence-electron chi connectivity index (χ1n) is 19.9. The third-order valence-electron chi connectivity index (χ3n) is 9.92. The summed E-state index contributed by atoms with van der Waals surface area (Å²) in [5.41, 5.74) is 1.50. The van der Waals surface area contributed by atoms with Crippen molar-refractivity contribution in [3.8, 4) is 0 Å². The van der Waals surface area contributed by atoms with Crippen molar-refractivity contribution in [3.05, 3.63) is 71.8 Å². The third-order valence-corrected chi connectivity index (χ3v) is 9.92. The lowest BCUT2D eigenvalue weighted by molar-refractivity contribution is -0.376. The van der Waals surface area contributed by atoms with Crippen LogP contribution in [0.2, 0.25) is 0 Å². The fourth-order valence-corrected chi connectivity index (χ4v) is 7.42. The Morgan fingerprint density at radius 1 is 0.778 bits per heavy atom. The molecule has 0 unspecified atom stereocenters. The highest BCUT2D eigenvalue weighted by atomic mass is 16.8. The van der Waals surface area contributed by atoms with Crippen LogP contribution in [0, 0.1) is 0 Å². The van der Waals surface area contributed by atoms with E-state index in [1.54, 1.807) is 30.3 Å². The minimum Gasteiger partial charge on any atom is -0.465 e. The van der Waals surface area contributed by atoms with E-state index >= 15 is 0 Å². The second-order valence-corrected chi connectivity index (χ2v) is 14.7. The molecule has 4 rings (SSSR count). The number of methoxy groups -OCH3 is 2. The van der Waals surface area contributed by atoms with Gasteiger partial charge in [0, 0.05) is 48.7 Å². The van der Waals surface area contributed by atoms with Gasteiger partial charge in [0.05, 0.1) is 33.4 Å². The van der Waals surface area contributed by atoms with Crippen LogP contribution >= 0.6 is 0 Å². The second-order valence-electron chi connectivity index (χ2n) is 14.7. The molecule has 2 fully saturated rings. The number of imide groups is 1. The monoisotopic (exact) mass is 889 g/mol. The maximum absolute atomic E-state index is 14.4. The summed E-state index contributed by atoms with van der Waals surface area (Å²) in [7, 11) is 2.29. The van der Waals surface area contributed by atoms with Crippen molar-refractivity contribution < 1.29 is 90.8 Å². The van der Waals surface area contributed by atoms with E-state index in [1.165, 1.54) is 7.11 Å². The zero-order valence-electron chi connectivity index (χ0n) is 36.3. The van der Waals surface area contributed by atoms with Crippen molar-refractivity contribution in [2.24, 2.45) is 0 Å². The predicted octanol–water partition coefficient (Wildman–Crippen LogP) is 1.69. The Morgan fingerprint density at radius 2 is 1.37 bits per heavy atom. The van der Waals surface area contributed by atoms with Gasteiger partial charge >= 0.3 is 29.8 Å². The average molecular weight is 890 g/mol. The first-order valence-corrected chi connectivity index (χ1v) is 19.9. The number of carbonyl (C=O) groups excluding carboxylic acids is 7. The number of rotatable bonds is 19. The van der Waals surface area contributed by atoms with Gasteiger partial charge in [-0.05, 0) is 11.1 Å². The van der Waals surface area contributed by atoms with Gasteiger partial charge in [-0.2, -0.15) is 0 Å². The summed E-state index contributed by atoms with van der Waals surface area (Å²) in [4.78, 5) is 92.1. The summed E-state index contributed by atoms with van der Waals surface area (Å²) in [6, 6.07) is 16.3. The smallest absolute Gasteiger partial charge is 0.366 e. The van der Waals surface area contributed by atoms with Gasteiger partial charge in [0.2, 0.25) is 11.8 Å². The number of carbonyl (C=O) groups is 7. The van der Waals surface area contributed by atoms with E-state index < -0.39 is 122 Å². The molecule has 0 radical (unpaired) electrons. The van der Waals surface area contributed by atoms with Crippen molar-refractivity contribution in [2.75, 3.05) is 27.4 Å².